The molecule has 0 unspecified atom stereocenters. The van der Waals surface area contributed by atoms with Crippen molar-refractivity contribution in [2.24, 2.45) is 11.8 Å². The minimum absolute atomic E-state index is 0.340. The highest BCUT2D eigenvalue weighted by Crippen LogP contribution is 2.36. The van der Waals surface area contributed by atoms with Crippen molar-refractivity contribution >= 4 is 5.91 Å². The molecule has 4 rings (SSSR count). The van der Waals surface area contributed by atoms with Gasteiger partial charge < -0.3 is 14.4 Å². The van der Waals surface area contributed by atoms with Crippen molar-refractivity contribution in [3.8, 4) is 11.5 Å². The zero-order chi connectivity index (χ0) is 20.9. The Morgan fingerprint density at radius 2 is 1.60 bits per heavy atom. The Morgan fingerprint density at radius 1 is 0.900 bits per heavy atom. The van der Waals surface area contributed by atoms with Gasteiger partial charge in [0.25, 0.3) is 0 Å². The molecular formula is C24H37N3O3. The summed E-state index contributed by atoms with van der Waals surface area (Å²) < 4.78 is 10.8. The zero-order valence-electron chi connectivity index (χ0n) is 18.6. The molecule has 0 radical (unpaired) electrons. The Hall–Kier alpha value is -1.79. The van der Waals surface area contributed by atoms with Crippen molar-refractivity contribution < 1.29 is 14.3 Å². The summed E-state index contributed by atoms with van der Waals surface area (Å²) in [5, 5.41) is 0. The predicted octanol–water partition coefficient (Wildman–Crippen LogP) is 2.86. The number of hydrogen-bond acceptors (Lipinski definition) is 5. The summed E-state index contributed by atoms with van der Waals surface area (Å²) in [7, 11) is 3.34. The van der Waals surface area contributed by atoms with Crippen LogP contribution in [-0.4, -0.2) is 80.6 Å². The monoisotopic (exact) mass is 415 g/mol. The van der Waals surface area contributed by atoms with Crippen molar-refractivity contribution in [3.05, 3.63) is 23.8 Å². The highest BCUT2D eigenvalue weighted by molar-refractivity contribution is 5.78. The minimum Gasteiger partial charge on any atom is -0.493 e. The molecular weight excluding hydrogens is 378 g/mol. The lowest BCUT2D eigenvalue weighted by molar-refractivity contribution is -0.136. The van der Waals surface area contributed by atoms with Crippen LogP contribution in [0, 0.1) is 11.8 Å². The normalized spacial score (nSPS) is 25.6. The second kappa shape index (κ2) is 10.0. The fraction of sp³-hybridized carbons (Fsp3) is 0.708. The van der Waals surface area contributed by atoms with E-state index in [-0.39, 0.29) is 0 Å². The Labute approximate surface area is 181 Å². The number of amides is 1. The SMILES string of the molecule is COc1ccc(CN2CCN(CC(=O)N3CC[C@H]4CCCC[C@H]4C3)CC2)cc1OC. The van der Waals surface area contributed by atoms with Crippen LogP contribution in [0.3, 0.4) is 0 Å². The van der Waals surface area contributed by atoms with Gasteiger partial charge in [0.1, 0.15) is 0 Å². The molecule has 166 valence electrons. The molecule has 0 aromatic heterocycles. The Kier molecular flexibility index (Phi) is 7.16. The van der Waals surface area contributed by atoms with E-state index >= 15 is 0 Å². The number of nitrogens with zero attached hydrogens (tertiary/aromatic N) is 3. The number of ether oxygens (including phenoxy) is 2. The number of hydrogen-bond donors (Lipinski definition) is 0. The molecule has 1 aromatic carbocycles. The zero-order valence-corrected chi connectivity index (χ0v) is 18.6. The van der Waals surface area contributed by atoms with Gasteiger partial charge in [0.2, 0.25) is 5.91 Å². The molecule has 2 atom stereocenters. The molecule has 30 heavy (non-hydrogen) atoms. The van der Waals surface area contributed by atoms with E-state index in [9.17, 15) is 4.79 Å². The Balaban J connectivity index is 1.22. The molecule has 2 heterocycles. The molecule has 1 amide bonds. The van der Waals surface area contributed by atoms with Gasteiger partial charge in [-0.05, 0) is 42.4 Å². The van der Waals surface area contributed by atoms with E-state index in [1.165, 1.54) is 37.7 Å². The predicted molar refractivity (Wildman–Crippen MR) is 118 cm³/mol. The summed E-state index contributed by atoms with van der Waals surface area (Å²) >= 11 is 0. The molecule has 2 saturated heterocycles. The highest BCUT2D eigenvalue weighted by atomic mass is 16.5. The molecule has 0 spiro atoms. The van der Waals surface area contributed by atoms with Crippen molar-refractivity contribution in [2.75, 3.05) is 60.0 Å². The van der Waals surface area contributed by atoms with Gasteiger partial charge in [-0.1, -0.05) is 25.3 Å². The maximum absolute atomic E-state index is 12.9. The molecule has 1 aliphatic carbocycles. The molecule has 0 bridgehead atoms. The maximum atomic E-state index is 12.9. The average Bonchev–Trinajstić information content (AvgIpc) is 2.80. The van der Waals surface area contributed by atoms with Crippen molar-refractivity contribution in [3.63, 3.8) is 0 Å². The van der Waals surface area contributed by atoms with Crippen LogP contribution in [0.25, 0.3) is 0 Å². The third-order valence-electron chi connectivity index (χ3n) is 7.32. The number of piperazine rings is 1. The van der Waals surface area contributed by atoms with E-state index < -0.39 is 0 Å². The van der Waals surface area contributed by atoms with E-state index in [0.29, 0.717) is 12.5 Å². The number of piperidine rings is 1. The average molecular weight is 416 g/mol. The van der Waals surface area contributed by atoms with Gasteiger partial charge in [0.05, 0.1) is 20.8 Å². The quantitative estimate of drug-likeness (QED) is 0.715. The van der Waals surface area contributed by atoms with Crippen LogP contribution in [0.5, 0.6) is 11.5 Å². The number of rotatable bonds is 6. The standard InChI is InChI=1S/C24H37N3O3/c1-29-22-8-7-19(15-23(22)30-2)16-25-11-13-26(14-12-25)18-24(28)27-10-9-20-5-3-4-6-21(20)17-27/h7-8,15,20-21H,3-6,9-14,16-18H2,1-2H3/t20-,21+/m1/s1. The highest BCUT2D eigenvalue weighted by Gasteiger charge is 2.33. The van der Waals surface area contributed by atoms with Crippen LogP contribution < -0.4 is 9.47 Å². The summed E-state index contributed by atoms with van der Waals surface area (Å²) in [6.45, 7) is 7.36. The lowest BCUT2D eigenvalue weighted by Gasteiger charge is -2.42. The molecule has 6 heteroatoms. The summed E-state index contributed by atoms with van der Waals surface area (Å²) in [6, 6.07) is 6.13. The summed E-state index contributed by atoms with van der Waals surface area (Å²) in [6.07, 6.45) is 6.67. The van der Waals surface area contributed by atoms with Crippen LogP contribution >= 0.6 is 0 Å². The number of fused-ring (bicyclic) bond motifs is 1. The minimum atomic E-state index is 0.340. The van der Waals surface area contributed by atoms with Gasteiger partial charge in [0, 0.05) is 45.8 Å². The number of likely N-dealkylation sites (tertiary alicyclic amines) is 1. The third kappa shape index (κ3) is 5.09. The second-order valence-electron chi connectivity index (χ2n) is 9.17. The third-order valence-corrected chi connectivity index (χ3v) is 7.32. The molecule has 1 aromatic rings. The van der Waals surface area contributed by atoms with Crippen LogP contribution in [0.4, 0.5) is 0 Å². The number of carbonyl (C=O) groups excluding carboxylic acids is 1. The lowest BCUT2D eigenvalue weighted by Crippen LogP contribution is -2.52. The van der Waals surface area contributed by atoms with Crippen LogP contribution in [0.15, 0.2) is 18.2 Å². The molecule has 3 aliphatic rings. The Morgan fingerprint density at radius 3 is 2.33 bits per heavy atom. The van der Waals surface area contributed by atoms with Gasteiger partial charge in [-0.25, -0.2) is 0 Å². The van der Waals surface area contributed by atoms with E-state index in [0.717, 1.165) is 69.1 Å². The molecule has 1 saturated carbocycles. The van der Waals surface area contributed by atoms with Crippen molar-refractivity contribution in [1.29, 1.82) is 0 Å². The molecule has 3 fully saturated rings. The van der Waals surface area contributed by atoms with Gasteiger partial charge in [0.15, 0.2) is 11.5 Å². The van der Waals surface area contributed by atoms with E-state index in [2.05, 4.69) is 26.8 Å². The van der Waals surface area contributed by atoms with Crippen molar-refractivity contribution in [1.82, 2.24) is 14.7 Å². The first kappa shape index (κ1) is 21.4. The second-order valence-corrected chi connectivity index (χ2v) is 9.17. The van der Waals surface area contributed by atoms with Crippen LogP contribution in [0.1, 0.15) is 37.7 Å². The van der Waals surface area contributed by atoms with Gasteiger partial charge >= 0.3 is 0 Å². The van der Waals surface area contributed by atoms with Gasteiger partial charge in [-0.15, -0.1) is 0 Å². The molecule has 2 aliphatic heterocycles. The van der Waals surface area contributed by atoms with Crippen LogP contribution in [0.2, 0.25) is 0 Å². The first-order chi connectivity index (χ1) is 14.7. The van der Waals surface area contributed by atoms with E-state index in [4.69, 9.17) is 9.47 Å². The maximum Gasteiger partial charge on any atom is 0.236 e. The number of benzene rings is 1. The molecule has 6 nitrogen and oxygen atoms in total. The lowest BCUT2D eigenvalue weighted by atomic mass is 9.75. The van der Waals surface area contributed by atoms with Gasteiger partial charge in [-0.2, -0.15) is 0 Å². The first-order valence-corrected chi connectivity index (χ1v) is 11.6. The number of methoxy groups -OCH3 is 2. The fourth-order valence-electron chi connectivity index (χ4n) is 5.46. The number of carbonyl (C=O) groups is 1. The Bertz CT molecular complexity index is 718. The smallest absolute Gasteiger partial charge is 0.236 e. The fourth-order valence-corrected chi connectivity index (χ4v) is 5.46. The van der Waals surface area contributed by atoms with E-state index in [1.54, 1.807) is 14.2 Å². The first-order valence-electron chi connectivity index (χ1n) is 11.6. The van der Waals surface area contributed by atoms with Crippen LogP contribution in [-0.2, 0) is 11.3 Å². The van der Waals surface area contributed by atoms with Gasteiger partial charge in [-0.3, -0.25) is 14.6 Å². The summed E-state index contributed by atoms with van der Waals surface area (Å²) in [4.78, 5) is 19.8. The summed E-state index contributed by atoms with van der Waals surface area (Å²) in [5.41, 5.74) is 1.23. The van der Waals surface area contributed by atoms with Crippen molar-refractivity contribution in [2.45, 2.75) is 38.6 Å². The molecule has 0 N–H and O–H groups in total. The topological polar surface area (TPSA) is 45.2 Å². The summed E-state index contributed by atoms with van der Waals surface area (Å²) in [5.74, 6) is 3.52. The largest absolute Gasteiger partial charge is 0.493 e. The van der Waals surface area contributed by atoms with E-state index in [1.807, 2.05) is 6.07 Å².